The second-order valence-electron chi connectivity index (χ2n) is 15.6. The second kappa shape index (κ2) is 12.7. The summed E-state index contributed by atoms with van der Waals surface area (Å²) in [7, 11) is 0. The van der Waals surface area contributed by atoms with Gasteiger partial charge in [0.15, 0.2) is 17.5 Å². The minimum Gasteiger partial charge on any atom is -0.455 e. The second-order valence-corrected chi connectivity index (χ2v) is 15.6. The Morgan fingerprint density at radius 2 is 0.933 bits per heavy atom. The molecule has 0 saturated heterocycles. The smallest absolute Gasteiger partial charge is 0.166 e. The molecular weight excluding hydrogens is 733 g/mol. The molecule has 0 saturated carbocycles. The lowest BCUT2D eigenvalue weighted by Gasteiger charge is -2.16. The standard InChI is InChI=1S/C55H32N4O/c1-2-15-36-28-39(25-24-33(36)12-1)53-56-54(44-22-11-18-34-13-5-7-19-40(34)44)58-55(57-53)47-32-51-46(43-27-26-35-14-6-8-20-41(35)52(43)60-51)31-50(47)59-48-23-10-9-21-42(48)45-29-37-16-3-4-17-38(37)30-49(45)59/h1-32H. The Labute approximate surface area is 343 Å². The molecule has 0 amide bonds. The molecule has 0 unspecified atom stereocenters. The van der Waals surface area contributed by atoms with Crippen molar-refractivity contribution < 1.29 is 4.42 Å². The average Bonchev–Trinajstić information content (AvgIpc) is 3.84. The number of rotatable bonds is 4. The summed E-state index contributed by atoms with van der Waals surface area (Å²) in [5.41, 5.74) is 7.49. The van der Waals surface area contributed by atoms with Gasteiger partial charge in [-0.1, -0.05) is 152 Å². The molecule has 5 heteroatoms. The molecule has 60 heavy (non-hydrogen) atoms. The fourth-order valence-electron chi connectivity index (χ4n) is 9.31. The summed E-state index contributed by atoms with van der Waals surface area (Å²) in [4.78, 5) is 16.1. The van der Waals surface area contributed by atoms with Crippen molar-refractivity contribution in [2.45, 2.75) is 0 Å². The van der Waals surface area contributed by atoms with Crippen molar-refractivity contribution in [2.75, 3.05) is 0 Å². The lowest BCUT2D eigenvalue weighted by Crippen LogP contribution is -2.04. The first kappa shape index (κ1) is 32.9. The summed E-state index contributed by atoms with van der Waals surface area (Å²) in [6.45, 7) is 0. The van der Waals surface area contributed by atoms with E-state index in [0.29, 0.717) is 17.5 Å². The van der Waals surface area contributed by atoms with E-state index in [9.17, 15) is 0 Å². The van der Waals surface area contributed by atoms with Crippen LogP contribution in [0.15, 0.2) is 199 Å². The van der Waals surface area contributed by atoms with Crippen LogP contribution in [0.25, 0.3) is 127 Å². The van der Waals surface area contributed by atoms with Crippen LogP contribution in [0.1, 0.15) is 0 Å². The van der Waals surface area contributed by atoms with Gasteiger partial charge >= 0.3 is 0 Å². The van der Waals surface area contributed by atoms with Crippen molar-refractivity contribution in [3.8, 4) is 39.9 Å². The Morgan fingerprint density at radius 1 is 0.333 bits per heavy atom. The largest absolute Gasteiger partial charge is 0.455 e. The van der Waals surface area contributed by atoms with Crippen molar-refractivity contribution in [1.29, 1.82) is 0 Å². The van der Waals surface area contributed by atoms with Crippen molar-refractivity contribution in [1.82, 2.24) is 19.5 Å². The third-order valence-corrected chi connectivity index (χ3v) is 12.2. The lowest BCUT2D eigenvalue weighted by atomic mass is 10.0. The molecule has 278 valence electrons. The van der Waals surface area contributed by atoms with E-state index in [1.54, 1.807) is 0 Å². The molecule has 13 aromatic rings. The van der Waals surface area contributed by atoms with Crippen LogP contribution in [-0.2, 0) is 0 Å². The summed E-state index contributed by atoms with van der Waals surface area (Å²) in [6, 6.07) is 68.7. The van der Waals surface area contributed by atoms with E-state index in [1.165, 1.54) is 21.5 Å². The molecule has 5 nitrogen and oxygen atoms in total. The summed E-state index contributed by atoms with van der Waals surface area (Å²) in [5, 5.41) is 13.5. The molecule has 0 aliphatic rings. The van der Waals surface area contributed by atoms with Gasteiger partial charge in [0.25, 0.3) is 0 Å². The topological polar surface area (TPSA) is 56.7 Å². The molecule has 3 aromatic heterocycles. The molecule has 0 atom stereocenters. The lowest BCUT2D eigenvalue weighted by molar-refractivity contribution is 0.672. The highest BCUT2D eigenvalue weighted by molar-refractivity contribution is 6.18. The maximum Gasteiger partial charge on any atom is 0.166 e. The Kier molecular flexibility index (Phi) is 6.95. The van der Waals surface area contributed by atoms with E-state index in [0.717, 1.165) is 87.7 Å². The van der Waals surface area contributed by atoms with Crippen LogP contribution in [0.3, 0.4) is 0 Å². The van der Waals surface area contributed by atoms with Gasteiger partial charge in [0.05, 0.1) is 16.7 Å². The minimum absolute atomic E-state index is 0.560. The number of benzene rings is 10. The zero-order valence-corrected chi connectivity index (χ0v) is 32.2. The number of fused-ring (bicyclic) bond motifs is 11. The molecule has 0 radical (unpaired) electrons. The van der Waals surface area contributed by atoms with Gasteiger partial charge in [0, 0.05) is 43.6 Å². The normalized spacial score (nSPS) is 12.0. The van der Waals surface area contributed by atoms with Crippen molar-refractivity contribution in [3.63, 3.8) is 0 Å². The van der Waals surface area contributed by atoms with Crippen molar-refractivity contribution in [3.05, 3.63) is 194 Å². The molecule has 0 aliphatic heterocycles. The summed E-state index contributed by atoms with van der Waals surface area (Å²) in [6.07, 6.45) is 0. The van der Waals surface area contributed by atoms with Gasteiger partial charge in [-0.2, -0.15) is 0 Å². The first-order valence-corrected chi connectivity index (χ1v) is 20.3. The Bertz CT molecular complexity index is 3910. The molecule has 0 N–H and O–H groups in total. The Hall–Kier alpha value is -8.15. The van der Waals surface area contributed by atoms with Gasteiger partial charge in [0.1, 0.15) is 11.2 Å². The number of furan rings is 1. The van der Waals surface area contributed by atoms with E-state index in [1.807, 2.05) is 0 Å². The molecule has 10 aromatic carbocycles. The third-order valence-electron chi connectivity index (χ3n) is 12.2. The van der Waals surface area contributed by atoms with Crippen LogP contribution in [0, 0.1) is 0 Å². The van der Waals surface area contributed by atoms with E-state index < -0.39 is 0 Å². The van der Waals surface area contributed by atoms with Gasteiger partial charge < -0.3 is 8.98 Å². The predicted octanol–water partition coefficient (Wildman–Crippen LogP) is 14.5. The molecule has 0 aliphatic carbocycles. The summed E-state index contributed by atoms with van der Waals surface area (Å²) in [5.74, 6) is 1.77. The van der Waals surface area contributed by atoms with Crippen molar-refractivity contribution in [2.24, 2.45) is 0 Å². The predicted molar refractivity (Wildman–Crippen MR) is 248 cm³/mol. The zero-order chi connectivity index (χ0) is 39.3. The highest BCUT2D eigenvalue weighted by Crippen LogP contribution is 2.43. The van der Waals surface area contributed by atoms with Gasteiger partial charge in [-0.15, -0.1) is 0 Å². The quantitative estimate of drug-likeness (QED) is 0.179. The SMILES string of the molecule is c1ccc2cc(-c3nc(-c4cc5oc6c7ccccc7ccc6c5cc4-n4c5ccccc5c5cc6ccccc6cc54)nc(-c4cccc5ccccc45)n3)ccc2c1. The number of aromatic nitrogens is 4. The van der Waals surface area contributed by atoms with E-state index in [4.69, 9.17) is 19.4 Å². The fraction of sp³-hybridized carbons (Fsp3) is 0. The maximum atomic E-state index is 6.89. The first-order valence-electron chi connectivity index (χ1n) is 20.3. The zero-order valence-electron chi connectivity index (χ0n) is 32.2. The van der Waals surface area contributed by atoms with Crippen LogP contribution in [0.4, 0.5) is 0 Å². The first-order chi connectivity index (χ1) is 29.7. The monoisotopic (exact) mass is 764 g/mol. The fourth-order valence-corrected chi connectivity index (χ4v) is 9.31. The van der Waals surface area contributed by atoms with Gasteiger partial charge in [-0.25, -0.2) is 15.0 Å². The van der Waals surface area contributed by atoms with E-state index in [2.05, 4.69) is 199 Å². The van der Waals surface area contributed by atoms with Gasteiger partial charge in [0.2, 0.25) is 0 Å². The number of hydrogen-bond donors (Lipinski definition) is 0. The van der Waals surface area contributed by atoms with Crippen LogP contribution in [0.5, 0.6) is 0 Å². The molecule has 0 fully saturated rings. The summed E-state index contributed by atoms with van der Waals surface area (Å²) >= 11 is 0. The molecular formula is C55H32N4O. The average molecular weight is 765 g/mol. The highest BCUT2D eigenvalue weighted by Gasteiger charge is 2.23. The van der Waals surface area contributed by atoms with Crippen LogP contribution in [-0.4, -0.2) is 19.5 Å². The Balaban J connectivity index is 1.17. The highest BCUT2D eigenvalue weighted by atomic mass is 16.3. The number of nitrogens with zero attached hydrogens (tertiary/aromatic N) is 4. The number of para-hydroxylation sites is 1. The van der Waals surface area contributed by atoms with Crippen LogP contribution in [0.2, 0.25) is 0 Å². The Morgan fingerprint density at radius 3 is 1.75 bits per heavy atom. The maximum absolute atomic E-state index is 6.89. The van der Waals surface area contributed by atoms with Crippen molar-refractivity contribution >= 4 is 86.8 Å². The third kappa shape index (κ3) is 4.96. The molecule has 0 bridgehead atoms. The molecule has 0 spiro atoms. The van der Waals surface area contributed by atoms with E-state index in [-0.39, 0.29) is 0 Å². The molecule has 3 heterocycles. The minimum atomic E-state index is 0.560. The summed E-state index contributed by atoms with van der Waals surface area (Å²) < 4.78 is 9.28. The number of hydrogen-bond acceptors (Lipinski definition) is 4. The molecule has 13 rings (SSSR count). The van der Waals surface area contributed by atoms with Gasteiger partial charge in [-0.3, -0.25) is 0 Å². The van der Waals surface area contributed by atoms with Crippen LogP contribution >= 0.6 is 0 Å². The van der Waals surface area contributed by atoms with E-state index >= 15 is 0 Å². The van der Waals surface area contributed by atoms with Gasteiger partial charge in [-0.05, 0) is 80.2 Å². The van der Waals surface area contributed by atoms with Crippen LogP contribution < -0.4 is 0 Å².